The molecule has 0 fully saturated rings. The second-order valence-electron chi connectivity index (χ2n) is 6.49. The number of benzene rings is 2. The first-order valence-corrected chi connectivity index (χ1v) is 8.80. The van der Waals surface area contributed by atoms with Gasteiger partial charge in [0.05, 0.1) is 5.56 Å². The van der Waals surface area contributed by atoms with Crippen molar-refractivity contribution in [2.24, 2.45) is 7.05 Å². The Kier molecular flexibility index (Phi) is 4.38. The third-order valence-electron chi connectivity index (χ3n) is 4.72. The van der Waals surface area contributed by atoms with Crippen LogP contribution in [0.2, 0.25) is 0 Å². The van der Waals surface area contributed by atoms with Gasteiger partial charge in [-0.05, 0) is 23.6 Å². The van der Waals surface area contributed by atoms with Gasteiger partial charge in [0.2, 0.25) is 5.91 Å². The summed E-state index contributed by atoms with van der Waals surface area (Å²) in [5.41, 5.74) is 7.60. The van der Waals surface area contributed by atoms with Crippen LogP contribution in [0.25, 0.3) is 21.8 Å². The molecule has 0 aliphatic carbocycles. The van der Waals surface area contributed by atoms with Gasteiger partial charge in [0.15, 0.2) is 0 Å². The van der Waals surface area contributed by atoms with Gasteiger partial charge < -0.3 is 9.13 Å². The van der Waals surface area contributed by atoms with Crippen molar-refractivity contribution in [3.8, 4) is 0 Å². The maximum atomic E-state index is 12.4. The van der Waals surface area contributed by atoms with Crippen LogP contribution in [0.1, 0.15) is 16.8 Å². The lowest BCUT2D eigenvalue weighted by Crippen LogP contribution is -2.41. The van der Waals surface area contributed by atoms with Gasteiger partial charge >= 0.3 is 0 Å². The van der Waals surface area contributed by atoms with E-state index in [1.807, 2.05) is 77.0 Å². The van der Waals surface area contributed by atoms with Gasteiger partial charge in [-0.2, -0.15) is 0 Å². The van der Waals surface area contributed by atoms with Crippen molar-refractivity contribution in [1.29, 1.82) is 0 Å². The summed E-state index contributed by atoms with van der Waals surface area (Å²) in [7, 11) is 1.89. The van der Waals surface area contributed by atoms with Crippen LogP contribution in [0.5, 0.6) is 0 Å². The summed E-state index contributed by atoms with van der Waals surface area (Å²) < 4.78 is 3.92. The molecule has 6 nitrogen and oxygen atoms in total. The smallest absolute Gasteiger partial charge is 0.271 e. The van der Waals surface area contributed by atoms with Crippen molar-refractivity contribution < 1.29 is 9.59 Å². The van der Waals surface area contributed by atoms with Gasteiger partial charge in [0, 0.05) is 48.8 Å². The summed E-state index contributed by atoms with van der Waals surface area (Å²) in [4.78, 5) is 24.6. The average Bonchev–Trinajstić information content (AvgIpc) is 3.26. The zero-order chi connectivity index (χ0) is 18.8. The first kappa shape index (κ1) is 16.9. The van der Waals surface area contributed by atoms with Gasteiger partial charge in [0.1, 0.15) is 0 Å². The lowest BCUT2D eigenvalue weighted by atomic mass is 10.2. The Bertz CT molecular complexity index is 1140. The maximum absolute atomic E-state index is 12.4. The average molecular weight is 360 g/mol. The highest BCUT2D eigenvalue weighted by atomic mass is 16.2. The van der Waals surface area contributed by atoms with Crippen LogP contribution in [0.3, 0.4) is 0 Å². The molecule has 0 saturated carbocycles. The highest BCUT2D eigenvalue weighted by molar-refractivity contribution is 6.07. The van der Waals surface area contributed by atoms with E-state index >= 15 is 0 Å². The molecule has 0 bridgehead atoms. The molecule has 0 aliphatic heterocycles. The molecule has 2 N–H and O–H groups in total. The minimum atomic E-state index is -0.327. The van der Waals surface area contributed by atoms with Gasteiger partial charge in [-0.1, -0.05) is 36.4 Å². The molecule has 0 aliphatic rings. The molecule has 136 valence electrons. The number of rotatable bonds is 4. The minimum Gasteiger partial charge on any atom is -0.350 e. The molecule has 4 rings (SSSR count). The van der Waals surface area contributed by atoms with Crippen LogP contribution in [0, 0.1) is 0 Å². The molecule has 4 aromatic rings. The molecule has 2 heterocycles. The van der Waals surface area contributed by atoms with E-state index < -0.39 is 0 Å². The number of hydrogen-bond donors (Lipinski definition) is 2. The quantitative estimate of drug-likeness (QED) is 0.550. The van der Waals surface area contributed by atoms with Gasteiger partial charge in [-0.25, -0.2) is 0 Å². The van der Waals surface area contributed by atoms with Crippen molar-refractivity contribution in [2.75, 3.05) is 0 Å². The number of nitrogens with zero attached hydrogens (tertiary/aromatic N) is 2. The highest BCUT2D eigenvalue weighted by Gasteiger charge is 2.14. The summed E-state index contributed by atoms with van der Waals surface area (Å²) in [6.07, 6.45) is 4.00. The lowest BCUT2D eigenvalue weighted by Gasteiger charge is -2.08. The van der Waals surface area contributed by atoms with Gasteiger partial charge in [0.25, 0.3) is 5.91 Å². The Hall–Kier alpha value is -3.54. The number of aryl methyl sites for hydroxylation is 2. The normalized spacial score (nSPS) is 11.0. The molecule has 6 heteroatoms. The van der Waals surface area contributed by atoms with Crippen molar-refractivity contribution in [2.45, 2.75) is 13.0 Å². The van der Waals surface area contributed by atoms with E-state index in [2.05, 4.69) is 10.9 Å². The van der Waals surface area contributed by atoms with Crippen molar-refractivity contribution in [1.82, 2.24) is 20.0 Å². The predicted octanol–water partition coefficient (Wildman–Crippen LogP) is 2.98. The second kappa shape index (κ2) is 6.99. The highest BCUT2D eigenvalue weighted by Crippen LogP contribution is 2.20. The van der Waals surface area contributed by atoms with Crippen LogP contribution in [0.15, 0.2) is 67.0 Å². The van der Waals surface area contributed by atoms with Crippen LogP contribution < -0.4 is 10.9 Å². The maximum Gasteiger partial charge on any atom is 0.271 e. The Morgan fingerprint density at radius 2 is 1.67 bits per heavy atom. The molecule has 0 spiro atoms. The Labute approximate surface area is 156 Å². The number of nitrogens with one attached hydrogen (secondary N) is 2. The number of fused-ring (bicyclic) bond motifs is 2. The predicted molar refractivity (Wildman–Crippen MR) is 105 cm³/mol. The SMILES string of the molecule is Cn1cc(C(=O)NNC(=O)CCn2ccc3ccccc32)c2ccccc21. The van der Waals surface area contributed by atoms with Crippen LogP contribution in [0.4, 0.5) is 0 Å². The number of hydrogen-bond acceptors (Lipinski definition) is 2. The number of hydrazine groups is 1. The zero-order valence-corrected chi connectivity index (χ0v) is 15.0. The first-order valence-electron chi connectivity index (χ1n) is 8.80. The summed E-state index contributed by atoms with van der Waals surface area (Å²) in [5, 5.41) is 1.99. The number of para-hydroxylation sites is 2. The molecular formula is C21H20N4O2. The molecule has 0 radical (unpaired) electrons. The summed E-state index contributed by atoms with van der Waals surface area (Å²) >= 11 is 0. The molecule has 2 aromatic carbocycles. The standard InChI is InChI=1S/C21H20N4O2/c1-24-14-17(16-7-3-5-9-19(16)24)21(27)23-22-20(26)11-13-25-12-10-15-6-2-4-8-18(15)25/h2-10,12,14H,11,13H2,1H3,(H,22,26)(H,23,27). The zero-order valence-electron chi connectivity index (χ0n) is 15.0. The molecule has 2 amide bonds. The van der Waals surface area contributed by atoms with Crippen molar-refractivity contribution in [3.63, 3.8) is 0 Å². The molecule has 27 heavy (non-hydrogen) atoms. The van der Waals surface area contributed by atoms with E-state index in [4.69, 9.17) is 0 Å². The van der Waals surface area contributed by atoms with E-state index in [0.29, 0.717) is 12.1 Å². The van der Waals surface area contributed by atoms with Crippen molar-refractivity contribution >= 4 is 33.6 Å². The van der Waals surface area contributed by atoms with E-state index in [1.165, 1.54) is 0 Å². The topological polar surface area (TPSA) is 68.1 Å². The second-order valence-corrected chi connectivity index (χ2v) is 6.49. The Morgan fingerprint density at radius 1 is 0.926 bits per heavy atom. The van der Waals surface area contributed by atoms with Crippen LogP contribution in [-0.4, -0.2) is 20.9 Å². The molecular weight excluding hydrogens is 340 g/mol. The molecule has 2 aromatic heterocycles. The summed E-state index contributed by atoms with van der Waals surface area (Å²) in [5.74, 6) is -0.562. The molecule has 0 unspecified atom stereocenters. The van der Waals surface area contributed by atoms with Crippen molar-refractivity contribution in [3.05, 3.63) is 72.6 Å². The minimum absolute atomic E-state index is 0.235. The third kappa shape index (κ3) is 3.29. The lowest BCUT2D eigenvalue weighted by molar-refractivity contribution is -0.122. The van der Waals surface area contributed by atoms with Gasteiger partial charge in [-0.3, -0.25) is 20.4 Å². The first-order chi connectivity index (χ1) is 13.1. The molecule has 0 saturated heterocycles. The largest absolute Gasteiger partial charge is 0.350 e. The van der Waals surface area contributed by atoms with Crippen LogP contribution in [-0.2, 0) is 18.4 Å². The molecule has 0 atom stereocenters. The van der Waals surface area contributed by atoms with E-state index in [9.17, 15) is 9.59 Å². The Balaban J connectivity index is 1.37. The summed E-state index contributed by atoms with van der Waals surface area (Å²) in [6.45, 7) is 0.545. The fourth-order valence-electron chi connectivity index (χ4n) is 3.34. The third-order valence-corrected chi connectivity index (χ3v) is 4.72. The monoisotopic (exact) mass is 360 g/mol. The van der Waals surface area contributed by atoms with E-state index in [-0.39, 0.29) is 18.2 Å². The van der Waals surface area contributed by atoms with E-state index in [0.717, 1.165) is 21.8 Å². The van der Waals surface area contributed by atoms with Crippen LogP contribution >= 0.6 is 0 Å². The number of aromatic nitrogens is 2. The summed E-state index contributed by atoms with van der Waals surface area (Å²) in [6, 6.07) is 17.7. The van der Waals surface area contributed by atoms with E-state index in [1.54, 1.807) is 6.20 Å². The van der Waals surface area contributed by atoms with Gasteiger partial charge in [-0.15, -0.1) is 0 Å². The number of carbonyl (C=O) groups excluding carboxylic acids is 2. The fourth-order valence-corrected chi connectivity index (χ4v) is 3.34. The fraction of sp³-hybridized carbons (Fsp3) is 0.143. The Morgan fingerprint density at radius 3 is 2.52 bits per heavy atom. The number of carbonyl (C=O) groups is 2. The number of amides is 2.